The van der Waals surface area contributed by atoms with Gasteiger partial charge >= 0.3 is 0 Å². The van der Waals surface area contributed by atoms with Gasteiger partial charge in [0.1, 0.15) is 0 Å². The zero-order valence-corrected chi connectivity index (χ0v) is 13.2. The Balaban J connectivity index is 1.79. The average Bonchev–Trinajstić information content (AvgIpc) is 2.46. The molecule has 1 atom stereocenters. The minimum atomic E-state index is -0.260. The van der Waals surface area contributed by atoms with E-state index in [4.69, 9.17) is 0 Å². The van der Waals surface area contributed by atoms with Crippen LogP contribution in [0, 0.1) is 5.41 Å². The smallest absolute Gasteiger partial charge is 0.233 e. The Morgan fingerprint density at radius 3 is 2.55 bits per heavy atom. The van der Waals surface area contributed by atoms with Crippen LogP contribution < -0.4 is 5.32 Å². The van der Waals surface area contributed by atoms with Crippen molar-refractivity contribution < 1.29 is 4.79 Å². The van der Waals surface area contributed by atoms with Gasteiger partial charge in [0.05, 0.1) is 5.25 Å². The van der Waals surface area contributed by atoms with Crippen LogP contribution in [0.1, 0.15) is 44.6 Å². The van der Waals surface area contributed by atoms with Crippen molar-refractivity contribution >= 4 is 18.5 Å². The largest absolute Gasteiger partial charge is 0.355 e. The summed E-state index contributed by atoms with van der Waals surface area (Å²) < 4.78 is 0. The van der Waals surface area contributed by atoms with E-state index in [2.05, 4.69) is 24.9 Å². The zero-order valence-electron chi connectivity index (χ0n) is 12.3. The van der Waals surface area contributed by atoms with Gasteiger partial charge in [-0.1, -0.05) is 56.5 Å². The maximum atomic E-state index is 12.1. The molecule has 2 rings (SSSR count). The summed E-state index contributed by atoms with van der Waals surface area (Å²) in [6, 6.07) is 10.1. The SMILES string of the molecule is CC1(CNC(=O)C(S)Cc2ccccc2)CCCCC1. The fraction of sp³-hybridized carbons (Fsp3) is 0.588. The molecule has 20 heavy (non-hydrogen) atoms. The molecule has 0 spiro atoms. The van der Waals surface area contributed by atoms with Gasteiger partial charge in [-0.3, -0.25) is 4.79 Å². The van der Waals surface area contributed by atoms with E-state index in [0.717, 1.165) is 12.1 Å². The highest BCUT2D eigenvalue weighted by atomic mass is 32.1. The van der Waals surface area contributed by atoms with E-state index in [1.807, 2.05) is 30.3 Å². The highest BCUT2D eigenvalue weighted by Crippen LogP contribution is 2.34. The number of hydrogen-bond acceptors (Lipinski definition) is 2. The minimum absolute atomic E-state index is 0.0592. The van der Waals surface area contributed by atoms with Gasteiger partial charge in [-0.2, -0.15) is 12.6 Å². The van der Waals surface area contributed by atoms with Crippen LogP contribution in [-0.2, 0) is 11.2 Å². The van der Waals surface area contributed by atoms with Crippen molar-refractivity contribution in [2.75, 3.05) is 6.54 Å². The molecule has 1 aliphatic carbocycles. The van der Waals surface area contributed by atoms with Crippen molar-refractivity contribution in [1.82, 2.24) is 5.32 Å². The van der Waals surface area contributed by atoms with Gasteiger partial charge in [0.25, 0.3) is 0 Å². The van der Waals surface area contributed by atoms with E-state index in [1.54, 1.807) is 0 Å². The van der Waals surface area contributed by atoms with Gasteiger partial charge in [-0.15, -0.1) is 0 Å². The average molecular weight is 291 g/mol. The third-order valence-electron chi connectivity index (χ3n) is 4.32. The van der Waals surface area contributed by atoms with Crippen LogP contribution in [0.5, 0.6) is 0 Å². The molecule has 0 saturated heterocycles. The lowest BCUT2D eigenvalue weighted by Crippen LogP contribution is -2.40. The van der Waals surface area contributed by atoms with Crippen molar-refractivity contribution in [2.24, 2.45) is 5.41 Å². The second-order valence-electron chi connectivity index (χ2n) is 6.29. The Kier molecular flexibility index (Phi) is 5.53. The van der Waals surface area contributed by atoms with Crippen molar-refractivity contribution in [1.29, 1.82) is 0 Å². The quantitative estimate of drug-likeness (QED) is 0.797. The van der Waals surface area contributed by atoms with Gasteiger partial charge in [-0.05, 0) is 30.2 Å². The molecule has 2 nitrogen and oxygen atoms in total. The molecule has 0 heterocycles. The molecule has 0 radical (unpaired) electrons. The molecule has 1 unspecified atom stereocenters. The van der Waals surface area contributed by atoms with Crippen LogP contribution in [0.25, 0.3) is 0 Å². The molecular weight excluding hydrogens is 266 g/mol. The van der Waals surface area contributed by atoms with E-state index in [9.17, 15) is 4.79 Å². The number of carbonyl (C=O) groups is 1. The predicted molar refractivity (Wildman–Crippen MR) is 87.1 cm³/mol. The van der Waals surface area contributed by atoms with Crippen LogP contribution in [0.4, 0.5) is 0 Å². The second-order valence-corrected chi connectivity index (χ2v) is 6.92. The first-order chi connectivity index (χ1) is 9.59. The summed E-state index contributed by atoms with van der Waals surface area (Å²) in [5.74, 6) is 0.0592. The second kappa shape index (κ2) is 7.16. The van der Waals surface area contributed by atoms with E-state index < -0.39 is 0 Å². The van der Waals surface area contributed by atoms with E-state index in [-0.39, 0.29) is 16.6 Å². The zero-order chi connectivity index (χ0) is 14.4. The van der Waals surface area contributed by atoms with Crippen molar-refractivity contribution in [3.8, 4) is 0 Å². The van der Waals surface area contributed by atoms with Crippen LogP contribution in [0.2, 0.25) is 0 Å². The molecular formula is C17H25NOS. The Hall–Kier alpha value is -0.960. The highest BCUT2D eigenvalue weighted by Gasteiger charge is 2.27. The molecule has 1 saturated carbocycles. The normalized spacial score (nSPS) is 19.3. The Morgan fingerprint density at radius 2 is 1.90 bits per heavy atom. The van der Waals surface area contributed by atoms with Crippen molar-refractivity contribution in [3.63, 3.8) is 0 Å². The van der Waals surface area contributed by atoms with Crippen molar-refractivity contribution in [3.05, 3.63) is 35.9 Å². The number of benzene rings is 1. The van der Waals surface area contributed by atoms with Gasteiger partial charge in [-0.25, -0.2) is 0 Å². The highest BCUT2D eigenvalue weighted by molar-refractivity contribution is 7.81. The summed E-state index contributed by atoms with van der Waals surface area (Å²) in [6.07, 6.45) is 7.06. The minimum Gasteiger partial charge on any atom is -0.355 e. The summed E-state index contributed by atoms with van der Waals surface area (Å²) in [6.45, 7) is 3.08. The maximum absolute atomic E-state index is 12.1. The predicted octanol–water partition coefficient (Wildman–Crippen LogP) is 3.61. The third-order valence-corrected chi connectivity index (χ3v) is 4.74. The first-order valence-electron chi connectivity index (χ1n) is 7.59. The molecule has 0 aliphatic heterocycles. The number of thiol groups is 1. The lowest BCUT2D eigenvalue weighted by molar-refractivity contribution is -0.121. The number of amides is 1. The van der Waals surface area contributed by atoms with E-state index in [0.29, 0.717) is 6.42 Å². The fourth-order valence-corrected chi connectivity index (χ4v) is 3.23. The summed E-state index contributed by atoms with van der Waals surface area (Å²) in [5.41, 5.74) is 1.44. The Labute approximate surface area is 127 Å². The molecule has 1 amide bonds. The van der Waals surface area contributed by atoms with Gasteiger partial charge in [0.15, 0.2) is 0 Å². The molecule has 1 aromatic carbocycles. The molecule has 1 aliphatic rings. The molecule has 3 heteroatoms. The molecule has 1 N–H and O–H groups in total. The van der Waals surface area contributed by atoms with Gasteiger partial charge in [0, 0.05) is 6.54 Å². The number of hydrogen-bond donors (Lipinski definition) is 2. The lowest BCUT2D eigenvalue weighted by atomic mass is 9.76. The van der Waals surface area contributed by atoms with Crippen molar-refractivity contribution in [2.45, 2.75) is 50.7 Å². The van der Waals surface area contributed by atoms with E-state index >= 15 is 0 Å². The molecule has 1 aromatic rings. The van der Waals surface area contributed by atoms with E-state index in [1.165, 1.54) is 32.1 Å². The van der Waals surface area contributed by atoms with Crippen LogP contribution >= 0.6 is 12.6 Å². The van der Waals surface area contributed by atoms with Gasteiger partial charge in [0.2, 0.25) is 5.91 Å². The third kappa shape index (κ3) is 4.55. The van der Waals surface area contributed by atoms with Gasteiger partial charge < -0.3 is 5.32 Å². The number of nitrogens with one attached hydrogen (secondary N) is 1. The monoisotopic (exact) mass is 291 g/mol. The number of rotatable bonds is 5. The topological polar surface area (TPSA) is 29.1 Å². The summed E-state index contributed by atoms with van der Waals surface area (Å²) in [7, 11) is 0. The Bertz CT molecular complexity index is 426. The summed E-state index contributed by atoms with van der Waals surface area (Å²) in [4.78, 5) is 12.1. The molecule has 1 fully saturated rings. The van der Waals surface area contributed by atoms with Crippen LogP contribution in [-0.4, -0.2) is 17.7 Å². The first kappa shape index (κ1) is 15.4. The summed E-state index contributed by atoms with van der Waals surface area (Å²) in [5, 5.41) is 2.84. The molecule has 0 bridgehead atoms. The number of carbonyl (C=O) groups excluding carboxylic acids is 1. The molecule has 0 aromatic heterocycles. The van der Waals surface area contributed by atoms with Crippen LogP contribution in [0.3, 0.4) is 0 Å². The standard InChI is InChI=1S/C17H25NOS/c1-17(10-6-3-7-11-17)13-18-16(19)15(20)12-14-8-4-2-5-9-14/h2,4-5,8-9,15,20H,3,6-7,10-13H2,1H3,(H,18,19). The summed E-state index contributed by atoms with van der Waals surface area (Å²) >= 11 is 4.45. The molecule has 110 valence electrons. The Morgan fingerprint density at radius 1 is 1.25 bits per heavy atom. The van der Waals surface area contributed by atoms with Crippen LogP contribution in [0.15, 0.2) is 30.3 Å². The fourth-order valence-electron chi connectivity index (χ4n) is 2.93. The lowest BCUT2D eigenvalue weighted by Gasteiger charge is -2.34. The first-order valence-corrected chi connectivity index (χ1v) is 8.10. The maximum Gasteiger partial charge on any atom is 0.233 e.